The monoisotopic (exact) mass is 295 g/mol. The fourth-order valence-electron chi connectivity index (χ4n) is 1.62. The van der Waals surface area contributed by atoms with Crippen molar-refractivity contribution in [1.82, 2.24) is 0 Å². The summed E-state index contributed by atoms with van der Waals surface area (Å²) < 4.78 is 25.0. The smallest absolute Gasteiger partial charge is 0.330 e. The summed E-state index contributed by atoms with van der Waals surface area (Å²) in [5, 5.41) is 0. The molecule has 2 N–H and O–H groups in total. The van der Waals surface area contributed by atoms with E-state index in [0.29, 0.717) is 6.42 Å². The van der Waals surface area contributed by atoms with E-state index in [1.807, 2.05) is 0 Å². The molecule has 0 aliphatic heterocycles. The van der Waals surface area contributed by atoms with Gasteiger partial charge >= 0.3 is 5.97 Å². The minimum absolute atomic E-state index is 0.183. The summed E-state index contributed by atoms with van der Waals surface area (Å²) in [6.07, 6.45) is 9.54. The zero-order valence-electron chi connectivity index (χ0n) is 11.6. The van der Waals surface area contributed by atoms with Crippen molar-refractivity contribution in [3.8, 4) is 0 Å². The highest BCUT2D eigenvalue weighted by Gasteiger charge is 2.09. The number of hydrogen-bond donors (Lipinski definition) is 1. The molecule has 0 aliphatic rings. The lowest BCUT2D eigenvalue weighted by Gasteiger charge is -2.02. The topological polar surface area (TPSA) is 95.7 Å². The van der Waals surface area contributed by atoms with Crippen LogP contribution < -0.4 is 5.73 Å². The molecule has 0 spiro atoms. The normalized spacial score (nSPS) is 11.5. The van der Waals surface area contributed by atoms with E-state index in [1.54, 1.807) is 0 Å². The Bertz CT molecular complexity index is 329. The summed E-state index contributed by atoms with van der Waals surface area (Å²) in [6.45, 7) is 0.762. The molecule has 19 heavy (non-hydrogen) atoms. The van der Waals surface area contributed by atoms with E-state index in [0.717, 1.165) is 38.5 Å². The Labute approximate surface area is 115 Å². The van der Waals surface area contributed by atoms with Gasteiger partial charge in [0.25, 0.3) is 10.1 Å². The molecule has 0 atom stereocenters. The third-order valence-electron chi connectivity index (χ3n) is 2.59. The van der Waals surface area contributed by atoms with Crippen molar-refractivity contribution in [2.45, 2.75) is 57.8 Å². The van der Waals surface area contributed by atoms with Crippen molar-refractivity contribution in [3.63, 3.8) is 0 Å². The Balaban J connectivity index is 3.28. The van der Waals surface area contributed by atoms with Crippen molar-refractivity contribution in [2.75, 3.05) is 12.8 Å². The van der Waals surface area contributed by atoms with Crippen LogP contribution in [-0.2, 0) is 24.1 Å². The van der Waals surface area contributed by atoms with Crippen LogP contribution in [0.1, 0.15) is 57.8 Å². The van der Waals surface area contributed by atoms with Gasteiger partial charge in [0.15, 0.2) is 0 Å². The molecule has 0 aromatic rings. The molecule has 0 radical (unpaired) electrons. The highest BCUT2D eigenvalue weighted by molar-refractivity contribution is 7.85. The highest BCUT2D eigenvalue weighted by Crippen LogP contribution is 2.10. The van der Waals surface area contributed by atoms with Gasteiger partial charge in [-0.15, -0.1) is 0 Å². The van der Waals surface area contributed by atoms with E-state index in [2.05, 4.69) is 9.22 Å². The summed E-state index contributed by atoms with van der Waals surface area (Å²) >= 11 is 0. The maximum Gasteiger partial charge on any atom is 0.343 e. The second-order valence-electron chi connectivity index (χ2n) is 4.59. The lowest BCUT2D eigenvalue weighted by molar-refractivity contribution is -0.211. The Morgan fingerprint density at radius 2 is 1.42 bits per heavy atom. The van der Waals surface area contributed by atoms with Gasteiger partial charge < -0.3 is 5.73 Å². The zero-order chi connectivity index (χ0) is 14.6. The van der Waals surface area contributed by atoms with E-state index in [1.165, 1.54) is 19.3 Å². The van der Waals surface area contributed by atoms with Crippen LogP contribution in [0, 0.1) is 0 Å². The molecular weight excluding hydrogens is 270 g/mol. The molecule has 114 valence electrons. The van der Waals surface area contributed by atoms with Gasteiger partial charge in [0.05, 0.1) is 6.26 Å². The van der Waals surface area contributed by atoms with Crippen LogP contribution in [0.3, 0.4) is 0 Å². The molecule has 0 aromatic carbocycles. The Morgan fingerprint density at radius 3 is 1.89 bits per heavy atom. The third kappa shape index (κ3) is 15.3. The lowest BCUT2D eigenvalue weighted by atomic mass is 10.1. The fourth-order valence-corrected chi connectivity index (χ4v) is 1.82. The molecule has 0 amide bonds. The molecule has 0 aliphatic carbocycles. The van der Waals surface area contributed by atoms with E-state index in [-0.39, 0.29) is 6.42 Å². The number of carbonyl (C=O) groups excluding carboxylic acids is 1. The summed E-state index contributed by atoms with van der Waals surface area (Å²) in [4.78, 5) is 15.2. The second kappa shape index (κ2) is 11.2. The molecular formula is C12H25NO5S. The highest BCUT2D eigenvalue weighted by atomic mass is 32.2. The number of rotatable bonds is 12. The molecule has 0 unspecified atom stereocenters. The van der Waals surface area contributed by atoms with Gasteiger partial charge in [0, 0.05) is 6.42 Å². The molecule has 0 fully saturated rings. The van der Waals surface area contributed by atoms with Crippen molar-refractivity contribution in [3.05, 3.63) is 0 Å². The first-order valence-corrected chi connectivity index (χ1v) is 8.56. The first-order chi connectivity index (χ1) is 8.95. The molecule has 6 nitrogen and oxygen atoms in total. The largest absolute Gasteiger partial charge is 0.343 e. The standard InChI is InChI=1S/C12H25NO5S/c1-19(15,16)18-17-12(14)10-8-6-4-2-3-5-7-9-11-13/h2-11,13H2,1H3. The maximum absolute atomic E-state index is 11.1. The van der Waals surface area contributed by atoms with Gasteiger partial charge in [-0.3, -0.25) is 4.89 Å². The summed E-state index contributed by atoms with van der Waals surface area (Å²) in [7, 11) is -3.72. The van der Waals surface area contributed by atoms with Crippen LogP contribution in [0.15, 0.2) is 0 Å². The molecule has 0 saturated heterocycles. The summed E-state index contributed by atoms with van der Waals surface area (Å²) in [5.41, 5.74) is 5.40. The second-order valence-corrected chi connectivity index (χ2v) is 6.14. The molecule has 0 rings (SSSR count). The van der Waals surface area contributed by atoms with Crippen LogP contribution in [0.5, 0.6) is 0 Å². The van der Waals surface area contributed by atoms with Crippen molar-refractivity contribution < 1.29 is 22.4 Å². The Kier molecular flexibility index (Phi) is 10.8. The predicted octanol–water partition coefficient (Wildman–Crippen LogP) is 1.89. The van der Waals surface area contributed by atoms with Crippen LogP contribution >= 0.6 is 0 Å². The average molecular weight is 295 g/mol. The van der Waals surface area contributed by atoms with Gasteiger partial charge in [-0.25, -0.2) is 4.79 Å². The number of carbonyl (C=O) groups is 1. The van der Waals surface area contributed by atoms with E-state index in [9.17, 15) is 13.2 Å². The van der Waals surface area contributed by atoms with Gasteiger partial charge in [0.2, 0.25) is 0 Å². The number of hydrogen-bond acceptors (Lipinski definition) is 6. The zero-order valence-corrected chi connectivity index (χ0v) is 12.4. The quantitative estimate of drug-likeness (QED) is 0.335. The van der Waals surface area contributed by atoms with Gasteiger partial charge in [-0.05, 0) is 19.4 Å². The third-order valence-corrected chi connectivity index (χ3v) is 2.90. The van der Waals surface area contributed by atoms with E-state index in [4.69, 9.17) is 5.73 Å². The Hall–Kier alpha value is -0.660. The van der Waals surface area contributed by atoms with Crippen LogP contribution in [0.2, 0.25) is 0 Å². The van der Waals surface area contributed by atoms with Crippen molar-refractivity contribution in [1.29, 1.82) is 0 Å². The van der Waals surface area contributed by atoms with Crippen molar-refractivity contribution >= 4 is 16.1 Å². The summed E-state index contributed by atoms with van der Waals surface area (Å²) in [6, 6.07) is 0. The van der Waals surface area contributed by atoms with E-state index >= 15 is 0 Å². The number of unbranched alkanes of at least 4 members (excludes halogenated alkanes) is 7. The lowest BCUT2D eigenvalue weighted by Crippen LogP contribution is -2.10. The van der Waals surface area contributed by atoms with Gasteiger partial charge in [-0.2, -0.15) is 8.42 Å². The predicted molar refractivity (Wildman–Crippen MR) is 72.6 cm³/mol. The minimum Gasteiger partial charge on any atom is -0.330 e. The van der Waals surface area contributed by atoms with Gasteiger partial charge in [-0.1, -0.05) is 42.9 Å². The average Bonchev–Trinajstić information content (AvgIpc) is 2.33. The number of nitrogens with two attached hydrogens (primary N) is 1. The van der Waals surface area contributed by atoms with E-state index < -0.39 is 16.1 Å². The molecule has 0 bridgehead atoms. The maximum atomic E-state index is 11.1. The van der Waals surface area contributed by atoms with Crippen LogP contribution in [0.4, 0.5) is 0 Å². The summed E-state index contributed by atoms with van der Waals surface area (Å²) in [5.74, 6) is -0.645. The Morgan fingerprint density at radius 1 is 0.947 bits per heavy atom. The molecule has 0 saturated carbocycles. The first kappa shape index (κ1) is 18.3. The minimum atomic E-state index is -3.72. The van der Waals surface area contributed by atoms with Gasteiger partial charge in [0.1, 0.15) is 0 Å². The molecule has 0 heterocycles. The molecule has 7 heteroatoms. The fraction of sp³-hybridized carbons (Fsp3) is 0.917. The van der Waals surface area contributed by atoms with Crippen LogP contribution in [0.25, 0.3) is 0 Å². The van der Waals surface area contributed by atoms with Crippen LogP contribution in [-0.4, -0.2) is 27.2 Å². The SMILES string of the molecule is CS(=O)(=O)OOC(=O)CCCCCCCCCCN. The molecule has 0 aromatic heterocycles. The first-order valence-electron chi connectivity index (χ1n) is 6.74. The van der Waals surface area contributed by atoms with Crippen molar-refractivity contribution in [2.24, 2.45) is 5.73 Å².